The summed E-state index contributed by atoms with van der Waals surface area (Å²) in [7, 11) is 0. The van der Waals surface area contributed by atoms with Gasteiger partial charge in [0.05, 0.1) is 5.41 Å². The van der Waals surface area contributed by atoms with Crippen LogP contribution in [-0.2, 0) is 5.41 Å². The molecule has 1 heteroatoms. The van der Waals surface area contributed by atoms with Crippen LogP contribution in [0.25, 0.3) is 5.57 Å². The van der Waals surface area contributed by atoms with E-state index in [4.69, 9.17) is 0 Å². The third-order valence-electron chi connectivity index (χ3n) is 6.28. The second-order valence-corrected chi connectivity index (χ2v) is 8.66. The minimum absolute atomic E-state index is 0.140. The summed E-state index contributed by atoms with van der Waals surface area (Å²) >= 11 is 1.92. The first-order valence-electron chi connectivity index (χ1n) is 9.77. The fraction of sp³-hybridized carbons (Fsp3) is 0.154. The van der Waals surface area contributed by atoms with Gasteiger partial charge in [-0.2, -0.15) is 0 Å². The number of benzene rings is 3. The van der Waals surface area contributed by atoms with Crippen molar-refractivity contribution in [2.24, 2.45) is 0 Å². The van der Waals surface area contributed by atoms with Crippen molar-refractivity contribution in [1.82, 2.24) is 0 Å². The van der Waals surface area contributed by atoms with Crippen molar-refractivity contribution in [3.8, 4) is 0 Å². The smallest absolute Gasteiger partial charge is 0.0698 e. The van der Waals surface area contributed by atoms with Crippen LogP contribution in [0.3, 0.4) is 0 Å². The predicted molar refractivity (Wildman–Crippen MR) is 113 cm³/mol. The van der Waals surface area contributed by atoms with Crippen molar-refractivity contribution >= 4 is 17.3 Å². The molecule has 0 nitrogen and oxygen atoms in total. The van der Waals surface area contributed by atoms with Gasteiger partial charge in [0, 0.05) is 9.79 Å². The zero-order chi connectivity index (χ0) is 17.8. The normalized spacial score (nSPS) is 18.5. The molecule has 0 saturated carbocycles. The Kier molecular flexibility index (Phi) is 3.30. The van der Waals surface area contributed by atoms with Crippen LogP contribution in [0.5, 0.6) is 0 Å². The maximum absolute atomic E-state index is 2.39. The molecule has 0 amide bonds. The molecule has 1 aliphatic heterocycles. The Hall–Kier alpha value is -2.51. The summed E-state index contributed by atoms with van der Waals surface area (Å²) in [5.41, 5.74) is 8.71. The van der Waals surface area contributed by atoms with Crippen molar-refractivity contribution in [2.45, 2.75) is 34.5 Å². The van der Waals surface area contributed by atoms with Gasteiger partial charge in [0.15, 0.2) is 0 Å². The van der Waals surface area contributed by atoms with E-state index < -0.39 is 0 Å². The van der Waals surface area contributed by atoms with Crippen LogP contribution >= 0.6 is 11.8 Å². The second kappa shape index (κ2) is 5.74. The molecule has 3 aliphatic rings. The summed E-state index contributed by atoms with van der Waals surface area (Å²) in [4.78, 5) is 2.79. The van der Waals surface area contributed by atoms with Crippen LogP contribution in [0.15, 0.2) is 100 Å². The third-order valence-corrected chi connectivity index (χ3v) is 7.43. The van der Waals surface area contributed by atoms with Crippen molar-refractivity contribution in [1.29, 1.82) is 0 Å². The molecule has 1 spiro atoms. The lowest BCUT2D eigenvalue weighted by molar-refractivity contribution is 0.650. The van der Waals surface area contributed by atoms with Gasteiger partial charge in [-0.05, 0) is 64.8 Å². The molecule has 0 N–H and O–H groups in total. The Labute approximate surface area is 164 Å². The highest BCUT2D eigenvalue weighted by Gasteiger charge is 2.50. The van der Waals surface area contributed by atoms with E-state index >= 15 is 0 Å². The first-order valence-corrected chi connectivity index (χ1v) is 10.6. The van der Waals surface area contributed by atoms with Crippen molar-refractivity contribution in [2.75, 3.05) is 0 Å². The van der Waals surface area contributed by atoms with Gasteiger partial charge in [-0.15, -0.1) is 0 Å². The predicted octanol–water partition coefficient (Wildman–Crippen LogP) is 6.99. The third kappa shape index (κ3) is 1.96. The van der Waals surface area contributed by atoms with Gasteiger partial charge in [0.25, 0.3) is 0 Å². The number of hydrogen-bond acceptors (Lipinski definition) is 1. The summed E-state index contributed by atoms with van der Waals surface area (Å²) < 4.78 is 0. The largest absolute Gasteiger partial charge is 0.0894 e. The molecule has 0 fully saturated rings. The SMILES string of the molecule is C1=CC2=C(CCC1)C1(c3ccccc3Sc3ccccc31)c1ccccc12. The number of hydrogen-bond donors (Lipinski definition) is 0. The zero-order valence-electron chi connectivity index (χ0n) is 15.1. The van der Waals surface area contributed by atoms with Crippen molar-refractivity contribution in [3.63, 3.8) is 0 Å². The molecule has 0 saturated heterocycles. The molecule has 27 heavy (non-hydrogen) atoms. The lowest BCUT2D eigenvalue weighted by atomic mass is 9.65. The summed E-state index contributed by atoms with van der Waals surface area (Å²) in [6.07, 6.45) is 8.31. The van der Waals surface area contributed by atoms with E-state index in [1.54, 1.807) is 5.57 Å². The van der Waals surface area contributed by atoms with Crippen LogP contribution in [0.4, 0.5) is 0 Å². The summed E-state index contributed by atoms with van der Waals surface area (Å²) in [5.74, 6) is 0. The lowest BCUT2D eigenvalue weighted by Gasteiger charge is -2.41. The second-order valence-electron chi connectivity index (χ2n) is 7.58. The first kappa shape index (κ1) is 15.5. The maximum atomic E-state index is 2.39. The molecule has 0 unspecified atom stereocenters. The molecule has 6 rings (SSSR count). The van der Waals surface area contributed by atoms with E-state index in [1.807, 2.05) is 11.8 Å². The van der Waals surface area contributed by atoms with Gasteiger partial charge >= 0.3 is 0 Å². The molecule has 0 aromatic heterocycles. The van der Waals surface area contributed by atoms with E-state index in [2.05, 4.69) is 84.9 Å². The highest BCUT2D eigenvalue weighted by atomic mass is 32.2. The summed E-state index contributed by atoms with van der Waals surface area (Å²) in [5, 5.41) is 0. The van der Waals surface area contributed by atoms with Gasteiger partial charge in [-0.1, -0.05) is 84.6 Å². The van der Waals surface area contributed by atoms with Gasteiger partial charge in [-0.25, -0.2) is 0 Å². The quantitative estimate of drug-likeness (QED) is 0.414. The summed E-state index contributed by atoms with van der Waals surface area (Å²) in [6.45, 7) is 0. The Morgan fingerprint density at radius 1 is 0.704 bits per heavy atom. The molecule has 2 aliphatic carbocycles. The van der Waals surface area contributed by atoms with E-state index in [-0.39, 0.29) is 5.41 Å². The van der Waals surface area contributed by atoms with E-state index in [9.17, 15) is 0 Å². The van der Waals surface area contributed by atoms with Gasteiger partial charge in [0.2, 0.25) is 0 Å². The van der Waals surface area contributed by atoms with E-state index in [1.165, 1.54) is 50.5 Å². The van der Waals surface area contributed by atoms with Crippen LogP contribution in [0.1, 0.15) is 41.5 Å². The van der Waals surface area contributed by atoms with Crippen molar-refractivity contribution in [3.05, 3.63) is 113 Å². The monoisotopic (exact) mass is 364 g/mol. The maximum Gasteiger partial charge on any atom is 0.0698 e. The molecule has 3 aromatic carbocycles. The van der Waals surface area contributed by atoms with E-state index in [0.29, 0.717) is 0 Å². The molecule has 0 radical (unpaired) electrons. The average Bonchev–Trinajstić information content (AvgIpc) is 2.86. The van der Waals surface area contributed by atoms with Crippen LogP contribution in [0, 0.1) is 0 Å². The molecular weight excluding hydrogens is 344 g/mol. The Balaban J connectivity index is 1.81. The highest BCUT2D eigenvalue weighted by Crippen LogP contribution is 2.62. The van der Waals surface area contributed by atoms with Gasteiger partial charge < -0.3 is 0 Å². The van der Waals surface area contributed by atoms with Gasteiger partial charge in [-0.3, -0.25) is 0 Å². The molecule has 3 aromatic rings. The fourth-order valence-corrected chi connectivity index (χ4v) is 6.48. The summed E-state index contributed by atoms with van der Waals surface area (Å²) in [6, 6.07) is 27.2. The first-order chi connectivity index (χ1) is 13.4. The van der Waals surface area contributed by atoms with Crippen LogP contribution in [-0.4, -0.2) is 0 Å². The standard InChI is InChI=1S/C26H20S/c1-2-10-18-19-11-4-5-13-21(19)26(20(18)12-3-1)22-14-6-8-16-24(22)27-25-17-9-7-15-23(25)26/h2,4-11,13-17H,1,3,12H2. The highest BCUT2D eigenvalue weighted by molar-refractivity contribution is 7.99. The molecular formula is C26H20S. The number of allylic oxidation sites excluding steroid dienone is 4. The molecule has 0 atom stereocenters. The Bertz CT molecular complexity index is 1090. The van der Waals surface area contributed by atoms with Crippen molar-refractivity contribution < 1.29 is 0 Å². The minimum atomic E-state index is -0.140. The Morgan fingerprint density at radius 2 is 1.33 bits per heavy atom. The molecule has 0 bridgehead atoms. The molecule has 130 valence electrons. The van der Waals surface area contributed by atoms with Crippen LogP contribution < -0.4 is 0 Å². The Morgan fingerprint density at radius 3 is 2.07 bits per heavy atom. The fourth-order valence-electron chi connectivity index (χ4n) is 5.29. The van der Waals surface area contributed by atoms with Gasteiger partial charge in [0.1, 0.15) is 0 Å². The number of fused-ring (bicyclic) bond motifs is 8. The van der Waals surface area contributed by atoms with Crippen LogP contribution in [0.2, 0.25) is 0 Å². The minimum Gasteiger partial charge on any atom is -0.0894 e. The lowest BCUT2D eigenvalue weighted by Crippen LogP contribution is -2.33. The zero-order valence-corrected chi connectivity index (χ0v) is 15.9. The average molecular weight is 365 g/mol. The molecule has 1 heterocycles. The topological polar surface area (TPSA) is 0 Å². The van der Waals surface area contributed by atoms with E-state index in [0.717, 1.165) is 6.42 Å². The number of rotatable bonds is 0.